The second-order valence-electron chi connectivity index (χ2n) is 7.14. The third-order valence-electron chi connectivity index (χ3n) is 5.38. The number of carboxylic acids is 3. The summed E-state index contributed by atoms with van der Waals surface area (Å²) in [6.45, 7) is 7.26. The molecule has 0 aromatic heterocycles. The third kappa shape index (κ3) is 5.43. The number of rotatable bonds is 16. The van der Waals surface area contributed by atoms with Crippen molar-refractivity contribution in [3.8, 4) is 0 Å². The molecule has 0 spiro atoms. The summed E-state index contributed by atoms with van der Waals surface area (Å²) in [7, 11) is 0. The van der Waals surface area contributed by atoms with Gasteiger partial charge >= 0.3 is 17.9 Å². The van der Waals surface area contributed by atoms with Crippen LogP contribution in [0.4, 0.5) is 0 Å². The quantitative estimate of drug-likeness (QED) is 0.339. The Morgan fingerprint density at radius 2 is 1.30 bits per heavy atom. The van der Waals surface area contributed by atoms with Crippen molar-refractivity contribution in [1.29, 1.82) is 0 Å². The number of hydrogen-bond donors (Lipinski definition) is 3. The third-order valence-corrected chi connectivity index (χ3v) is 5.38. The van der Waals surface area contributed by atoms with Gasteiger partial charge in [-0.1, -0.05) is 59.8 Å². The van der Waals surface area contributed by atoms with E-state index in [0.29, 0.717) is 32.1 Å². The van der Waals surface area contributed by atoms with Gasteiger partial charge in [-0.25, -0.2) is 4.79 Å². The van der Waals surface area contributed by atoms with Gasteiger partial charge in [-0.2, -0.15) is 0 Å². The molecule has 0 aliphatic rings. The molecule has 0 aromatic carbocycles. The fourth-order valence-corrected chi connectivity index (χ4v) is 3.83. The zero-order valence-electron chi connectivity index (χ0n) is 17.1. The molecule has 2 unspecified atom stereocenters. The maximum absolute atomic E-state index is 12.5. The molecule has 0 bridgehead atoms. The minimum absolute atomic E-state index is 0.0137. The molecular weight excluding hydrogens is 352 g/mol. The van der Waals surface area contributed by atoms with Gasteiger partial charge < -0.3 is 20.1 Å². The fraction of sp³-hybridized carbons (Fsp3) is 0.850. The van der Waals surface area contributed by atoms with Gasteiger partial charge in [-0.05, 0) is 25.7 Å². The summed E-state index contributed by atoms with van der Waals surface area (Å²) in [6.07, 6.45) is 3.69. The van der Waals surface area contributed by atoms with Gasteiger partial charge in [0.1, 0.15) is 5.41 Å². The Morgan fingerprint density at radius 1 is 0.815 bits per heavy atom. The van der Waals surface area contributed by atoms with Crippen LogP contribution in [0.5, 0.6) is 0 Å². The van der Waals surface area contributed by atoms with E-state index < -0.39 is 34.8 Å². The first kappa shape index (κ1) is 25.4. The van der Waals surface area contributed by atoms with Crippen LogP contribution in [-0.2, 0) is 19.1 Å². The van der Waals surface area contributed by atoms with Crippen molar-refractivity contribution >= 4 is 17.9 Å². The predicted molar refractivity (Wildman–Crippen MR) is 102 cm³/mol. The first-order valence-electron chi connectivity index (χ1n) is 10.0. The van der Waals surface area contributed by atoms with E-state index >= 15 is 0 Å². The number of aliphatic carboxylic acids is 3. The number of carbonyl (C=O) groups is 3. The zero-order valence-corrected chi connectivity index (χ0v) is 17.1. The first-order chi connectivity index (χ1) is 12.7. The number of ether oxygens (including phenoxy) is 1. The van der Waals surface area contributed by atoms with Crippen LogP contribution >= 0.6 is 0 Å². The van der Waals surface area contributed by atoms with Gasteiger partial charge in [0.15, 0.2) is 5.60 Å². The van der Waals surface area contributed by atoms with Crippen LogP contribution in [0.1, 0.15) is 85.5 Å². The van der Waals surface area contributed by atoms with E-state index in [2.05, 4.69) is 0 Å². The Hall–Kier alpha value is -1.63. The van der Waals surface area contributed by atoms with Crippen LogP contribution in [0.3, 0.4) is 0 Å². The van der Waals surface area contributed by atoms with Crippen LogP contribution in [-0.4, -0.2) is 45.4 Å². The Balaban J connectivity index is 6.71. The lowest BCUT2D eigenvalue weighted by molar-refractivity contribution is -0.220. The molecule has 27 heavy (non-hydrogen) atoms. The van der Waals surface area contributed by atoms with E-state index in [0.717, 1.165) is 6.42 Å². The SMILES string of the molecule is CCCCOC(C(=O)O)(C(CC)C(=O)O)C(CCCC)(CCCC)C(=O)O. The number of carboxylic acid groups (broad SMARTS) is 3. The standard InChI is InChI=1S/C20H36O7/c1-5-9-12-19(17(23)24,13-10-6-2)20(18(25)26,27-14-11-7-3)15(8-4)16(21)22/h15H,5-14H2,1-4H3,(H,21,22)(H,23,24)(H,25,26). The highest BCUT2D eigenvalue weighted by Crippen LogP contribution is 2.50. The first-order valence-corrected chi connectivity index (χ1v) is 10.0. The molecule has 0 fully saturated rings. The lowest BCUT2D eigenvalue weighted by Crippen LogP contribution is -2.65. The van der Waals surface area contributed by atoms with Gasteiger partial charge in [0.05, 0.1) is 5.92 Å². The largest absolute Gasteiger partial charge is 0.481 e. The van der Waals surface area contributed by atoms with Crippen LogP contribution in [0.15, 0.2) is 0 Å². The average molecular weight is 389 g/mol. The highest BCUT2D eigenvalue weighted by atomic mass is 16.5. The summed E-state index contributed by atoms with van der Waals surface area (Å²) < 4.78 is 5.81. The topological polar surface area (TPSA) is 121 Å². The van der Waals surface area contributed by atoms with E-state index in [1.54, 1.807) is 6.92 Å². The van der Waals surface area contributed by atoms with Crippen molar-refractivity contribution in [1.82, 2.24) is 0 Å². The molecule has 158 valence electrons. The zero-order chi connectivity index (χ0) is 21.1. The molecule has 3 N–H and O–H groups in total. The van der Waals surface area contributed by atoms with Gasteiger partial charge in [-0.3, -0.25) is 9.59 Å². The van der Waals surface area contributed by atoms with Crippen LogP contribution in [0.2, 0.25) is 0 Å². The van der Waals surface area contributed by atoms with Crippen molar-refractivity contribution in [2.45, 2.75) is 91.1 Å². The van der Waals surface area contributed by atoms with Gasteiger partial charge in [0.2, 0.25) is 0 Å². The molecule has 0 aliphatic carbocycles. The highest BCUT2D eigenvalue weighted by molar-refractivity contribution is 5.93. The Kier molecular flexibility index (Phi) is 11.2. The molecular formula is C20H36O7. The van der Waals surface area contributed by atoms with E-state index in [-0.39, 0.29) is 25.9 Å². The molecule has 7 nitrogen and oxygen atoms in total. The van der Waals surface area contributed by atoms with Crippen LogP contribution < -0.4 is 0 Å². The normalized spacial score (nSPS) is 15.1. The second kappa shape index (κ2) is 12.0. The minimum Gasteiger partial charge on any atom is -0.481 e. The summed E-state index contributed by atoms with van der Waals surface area (Å²) in [5, 5.41) is 30.2. The molecule has 0 aromatic rings. The molecule has 0 saturated heterocycles. The number of hydrogen-bond acceptors (Lipinski definition) is 4. The maximum Gasteiger partial charge on any atom is 0.338 e. The van der Waals surface area contributed by atoms with E-state index in [1.165, 1.54) is 0 Å². The smallest absolute Gasteiger partial charge is 0.338 e. The fourth-order valence-electron chi connectivity index (χ4n) is 3.83. The molecule has 0 saturated carbocycles. The minimum atomic E-state index is -2.31. The van der Waals surface area contributed by atoms with Crippen molar-refractivity contribution in [2.75, 3.05) is 6.61 Å². The van der Waals surface area contributed by atoms with E-state index in [1.807, 2.05) is 20.8 Å². The highest BCUT2D eigenvalue weighted by Gasteiger charge is 2.67. The Labute approximate surface area is 162 Å². The summed E-state index contributed by atoms with van der Waals surface area (Å²) in [4.78, 5) is 37.1. The average Bonchev–Trinajstić information content (AvgIpc) is 2.60. The lowest BCUT2D eigenvalue weighted by Gasteiger charge is -2.47. The second-order valence-corrected chi connectivity index (χ2v) is 7.14. The lowest BCUT2D eigenvalue weighted by atomic mass is 9.59. The summed E-state index contributed by atoms with van der Waals surface area (Å²) in [5.41, 5.74) is -4.10. The predicted octanol–water partition coefficient (Wildman–Crippen LogP) is 4.19. The molecule has 0 radical (unpaired) electrons. The van der Waals surface area contributed by atoms with E-state index in [4.69, 9.17) is 4.74 Å². The molecule has 2 atom stereocenters. The van der Waals surface area contributed by atoms with Crippen LogP contribution in [0.25, 0.3) is 0 Å². The van der Waals surface area contributed by atoms with Crippen molar-refractivity contribution in [3.63, 3.8) is 0 Å². The van der Waals surface area contributed by atoms with Crippen molar-refractivity contribution < 1.29 is 34.4 Å². The molecule has 0 amide bonds. The molecule has 0 rings (SSSR count). The Bertz CT molecular complexity index is 481. The van der Waals surface area contributed by atoms with Gasteiger partial charge in [-0.15, -0.1) is 0 Å². The van der Waals surface area contributed by atoms with Gasteiger partial charge in [0, 0.05) is 6.61 Å². The monoisotopic (exact) mass is 388 g/mol. The molecule has 0 aliphatic heterocycles. The molecule has 7 heteroatoms. The summed E-state index contributed by atoms with van der Waals surface area (Å²) in [6, 6.07) is 0. The summed E-state index contributed by atoms with van der Waals surface area (Å²) in [5.74, 6) is -5.57. The maximum atomic E-state index is 12.5. The van der Waals surface area contributed by atoms with Crippen molar-refractivity contribution in [3.05, 3.63) is 0 Å². The molecule has 0 heterocycles. The van der Waals surface area contributed by atoms with Crippen molar-refractivity contribution in [2.24, 2.45) is 11.3 Å². The number of unbranched alkanes of at least 4 members (excludes halogenated alkanes) is 3. The Morgan fingerprint density at radius 3 is 1.59 bits per heavy atom. The summed E-state index contributed by atoms with van der Waals surface area (Å²) >= 11 is 0. The van der Waals surface area contributed by atoms with E-state index in [9.17, 15) is 29.7 Å². The van der Waals surface area contributed by atoms with Gasteiger partial charge in [0.25, 0.3) is 0 Å². The van der Waals surface area contributed by atoms with Crippen LogP contribution in [0, 0.1) is 11.3 Å².